The van der Waals surface area contributed by atoms with E-state index in [0.717, 1.165) is 27.3 Å². The number of rotatable bonds is 5. The second-order valence-corrected chi connectivity index (χ2v) is 7.51. The number of halogens is 1. The van der Waals surface area contributed by atoms with Crippen molar-refractivity contribution in [1.29, 1.82) is 0 Å². The van der Waals surface area contributed by atoms with Crippen LogP contribution in [-0.4, -0.2) is 16.1 Å². The van der Waals surface area contributed by atoms with E-state index in [4.69, 9.17) is 16.6 Å². The lowest BCUT2D eigenvalue weighted by Crippen LogP contribution is -1.87. The number of nitro groups is 1. The van der Waals surface area contributed by atoms with Crippen molar-refractivity contribution in [2.24, 2.45) is 4.99 Å². The Labute approximate surface area is 176 Å². The van der Waals surface area contributed by atoms with Crippen LogP contribution in [0.25, 0.3) is 21.7 Å². The molecule has 0 N–H and O–H groups in total. The summed E-state index contributed by atoms with van der Waals surface area (Å²) in [5.74, 6) is 0. The number of hydrogen-bond acceptors (Lipinski definition) is 5. The standard InChI is InChI=1S/C22H14ClN3O2S/c23-19-9-5-4-8-17(19)14-24-22-25-20(15-6-2-1-3-7-15)21(29-22)16-10-12-18(13-11-16)26(27)28/h1-14H. The molecule has 0 atom stereocenters. The van der Waals surface area contributed by atoms with Gasteiger partial charge in [-0.2, -0.15) is 0 Å². The number of hydrogen-bond donors (Lipinski definition) is 0. The largest absolute Gasteiger partial charge is 0.269 e. The van der Waals surface area contributed by atoms with Gasteiger partial charge >= 0.3 is 0 Å². The molecule has 29 heavy (non-hydrogen) atoms. The molecular weight excluding hydrogens is 406 g/mol. The van der Waals surface area contributed by atoms with E-state index in [1.165, 1.54) is 23.5 Å². The van der Waals surface area contributed by atoms with Gasteiger partial charge in [-0.05, 0) is 23.8 Å². The van der Waals surface area contributed by atoms with Gasteiger partial charge < -0.3 is 0 Å². The van der Waals surface area contributed by atoms with Gasteiger partial charge in [0.1, 0.15) is 0 Å². The lowest BCUT2D eigenvalue weighted by Gasteiger charge is -2.02. The summed E-state index contributed by atoms with van der Waals surface area (Å²) >= 11 is 7.62. The Balaban J connectivity index is 1.77. The predicted octanol–water partition coefficient (Wildman–Crippen LogP) is 6.79. The van der Waals surface area contributed by atoms with Crippen LogP contribution in [0, 0.1) is 10.1 Å². The van der Waals surface area contributed by atoms with Gasteiger partial charge in [-0.3, -0.25) is 10.1 Å². The van der Waals surface area contributed by atoms with Gasteiger partial charge in [0.15, 0.2) is 0 Å². The highest BCUT2D eigenvalue weighted by Crippen LogP contribution is 2.40. The summed E-state index contributed by atoms with van der Waals surface area (Å²) in [6.07, 6.45) is 1.69. The van der Waals surface area contributed by atoms with Crippen LogP contribution in [-0.2, 0) is 0 Å². The van der Waals surface area contributed by atoms with Gasteiger partial charge in [-0.15, -0.1) is 0 Å². The predicted molar refractivity (Wildman–Crippen MR) is 118 cm³/mol. The van der Waals surface area contributed by atoms with Gasteiger partial charge in [0.25, 0.3) is 5.69 Å². The zero-order valence-corrected chi connectivity index (χ0v) is 16.6. The third-order valence-electron chi connectivity index (χ3n) is 4.22. The lowest BCUT2D eigenvalue weighted by atomic mass is 10.1. The molecule has 0 aliphatic rings. The second-order valence-electron chi connectivity index (χ2n) is 6.12. The third kappa shape index (κ3) is 4.23. The quantitative estimate of drug-likeness (QED) is 0.203. The van der Waals surface area contributed by atoms with E-state index in [1.54, 1.807) is 18.3 Å². The first-order valence-electron chi connectivity index (χ1n) is 8.71. The van der Waals surface area contributed by atoms with Crippen LogP contribution in [0.4, 0.5) is 10.8 Å². The highest BCUT2D eigenvalue weighted by Gasteiger charge is 2.16. The maximum atomic E-state index is 11.0. The number of non-ortho nitro benzene ring substituents is 1. The summed E-state index contributed by atoms with van der Waals surface area (Å²) in [5, 5.41) is 12.2. The van der Waals surface area contributed by atoms with Crippen LogP contribution in [0.2, 0.25) is 5.02 Å². The van der Waals surface area contributed by atoms with Crippen molar-refractivity contribution in [3.05, 3.63) is 99.6 Å². The topological polar surface area (TPSA) is 68.4 Å². The van der Waals surface area contributed by atoms with Crippen molar-refractivity contribution in [2.45, 2.75) is 0 Å². The molecule has 0 saturated carbocycles. The number of thiazole rings is 1. The van der Waals surface area contributed by atoms with E-state index < -0.39 is 4.92 Å². The van der Waals surface area contributed by atoms with Crippen LogP contribution < -0.4 is 0 Å². The maximum Gasteiger partial charge on any atom is 0.269 e. The summed E-state index contributed by atoms with van der Waals surface area (Å²) in [6, 6.07) is 23.7. The SMILES string of the molecule is O=[N+]([O-])c1ccc(-c2sc(N=Cc3ccccc3Cl)nc2-c2ccccc2)cc1. The number of nitro benzene ring substituents is 1. The molecule has 0 bridgehead atoms. The molecule has 3 aromatic carbocycles. The van der Waals surface area contributed by atoms with Gasteiger partial charge in [-0.1, -0.05) is 71.5 Å². The Hall–Kier alpha value is -3.35. The fourth-order valence-corrected chi connectivity index (χ4v) is 3.91. The van der Waals surface area contributed by atoms with Crippen molar-refractivity contribution >= 4 is 40.0 Å². The number of aliphatic imine (C=N–C) groups is 1. The van der Waals surface area contributed by atoms with Crippen LogP contribution >= 0.6 is 22.9 Å². The zero-order chi connectivity index (χ0) is 20.2. The fourth-order valence-electron chi connectivity index (χ4n) is 2.79. The highest BCUT2D eigenvalue weighted by atomic mass is 35.5. The summed E-state index contributed by atoms with van der Waals surface area (Å²) in [4.78, 5) is 20.7. The van der Waals surface area contributed by atoms with E-state index >= 15 is 0 Å². The molecule has 4 aromatic rings. The molecule has 0 unspecified atom stereocenters. The van der Waals surface area contributed by atoms with Gasteiger partial charge in [-0.25, -0.2) is 9.98 Å². The van der Waals surface area contributed by atoms with Crippen molar-refractivity contribution in [3.8, 4) is 21.7 Å². The second kappa shape index (κ2) is 8.34. The Bertz CT molecular complexity index is 1190. The maximum absolute atomic E-state index is 11.0. The Kier molecular flexibility index (Phi) is 5.46. The molecule has 5 nitrogen and oxygen atoms in total. The van der Waals surface area contributed by atoms with Crippen molar-refractivity contribution in [2.75, 3.05) is 0 Å². The molecule has 0 radical (unpaired) electrons. The van der Waals surface area contributed by atoms with Crippen LogP contribution in [0.15, 0.2) is 83.9 Å². The Morgan fingerprint density at radius 1 is 0.931 bits per heavy atom. The number of aromatic nitrogens is 1. The fraction of sp³-hybridized carbons (Fsp3) is 0. The highest BCUT2D eigenvalue weighted by molar-refractivity contribution is 7.19. The molecule has 0 aliphatic heterocycles. The van der Waals surface area contributed by atoms with E-state index in [1.807, 2.05) is 54.6 Å². The summed E-state index contributed by atoms with van der Waals surface area (Å²) in [5.41, 5.74) is 3.46. The van der Waals surface area contributed by atoms with E-state index in [2.05, 4.69) is 4.99 Å². The first-order valence-corrected chi connectivity index (χ1v) is 9.91. The average molecular weight is 420 g/mol. The third-order valence-corrected chi connectivity index (χ3v) is 5.58. The number of nitrogens with zero attached hydrogens (tertiary/aromatic N) is 3. The molecule has 0 amide bonds. The minimum Gasteiger partial charge on any atom is -0.258 e. The molecule has 7 heteroatoms. The summed E-state index contributed by atoms with van der Waals surface area (Å²) in [6.45, 7) is 0. The van der Waals surface area contributed by atoms with Crippen molar-refractivity contribution < 1.29 is 4.92 Å². The average Bonchev–Trinajstić information content (AvgIpc) is 3.18. The Morgan fingerprint density at radius 2 is 1.62 bits per heavy atom. The zero-order valence-electron chi connectivity index (χ0n) is 15.0. The first kappa shape index (κ1) is 19.0. The minimum atomic E-state index is -0.409. The van der Waals surface area contributed by atoms with E-state index in [0.29, 0.717) is 10.2 Å². The van der Waals surface area contributed by atoms with Crippen molar-refractivity contribution in [3.63, 3.8) is 0 Å². The van der Waals surface area contributed by atoms with Crippen molar-refractivity contribution in [1.82, 2.24) is 4.98 Å². The van der Waals surface area contributed by atoms with Crippen LogP contribution in [0.3, 0.4) is 0 Å². The Morgan fingerprint density at radius 3 is 2.31 bits per heavy atom. The number of benzene rings is 3. The molecule has 4 rings (SSSR count). The van der Waals surface area contributed by atoms with Gasteiger partial charge in [0.2, 0.25) is 5.13 Å². The molecule has 1 aromatic heterocycles. The molecule has 1 heterocycles. The summed E-state index contributed by atoms with van der Waals surface area (Å²) in [7, 11) is 0. The lowest BCUT2D eigenvalue weighted by molar-refractivity contribution is -0.384. The van der Waals surface area contributed by atoms with Crippen LogP contribution in [0.5, 0.6) is 0 Å². The first-order chi connectivity index (χ1) is 14.1. The minimum absolute atomic E-state index is 0.0523. The normalized spacial score (nSPS) is 11.1. The molecule has 0 spiro atoms. The molecular formula is C22H14ClN3O2S. The molecule has 0 fully saturated rings. The van der Waals surface area contributed by atoms with Gasteiger partial charge in [0.05, 0.1) is 15.5 Å². The smallest absolute Gasteiger partial charge is 0.258 e. The van der Waals surface area contributed by atoms with E-state index in [-0.39, 0.29) is 5.69 Å². The summed E-state index contributed by atoms with van der Waals surface area (Å²) < 4.78 is 0. The molecule has 142 valence electrons. The van der Waals surface area contributed by atoms with Gasteiger partial charge in [0, 0.05) is 34.5 Å². The van der Waals surface area contributed by atoms with E-state index in [9.17, 15) is 10.1 Å². The monoisotopic (exact) mass is 419 g/mol. The molecule has 0 aliphatic carbocycles. The molecule has 0 saturated heterocycles. The van der Waals surface area contributed by atoms with Crippen LogP contribution in [0.1, 0.15) is 5.56 Å².